The summed E-state index contributed by atoms with van der Waals surface area (Å²) in [7, 11) is 1.38. The highest BCUT2D eigenvalue weighted by Crippen LogP contribution is 2.45. The molecule has 1 aliphatic heterocycles. The van der Waals surface area contributed by atoms with Gasteiger partial charge in [-0.15, -0.1) is 22.7 Å². The monoisotopic (exact) mass is 439 g/mol. The largest absolute Gasteiger partial charge is 0.459 e. The summed E-state index contributed by atoms with van der Waals surface area (Å²) < 4.78 is 11.2. The van der Waals surface area contributed by atoms with Crippen LogP contribution in [0.2, 0.25) is 0 Å². The number of methoxy groups -OCH3 is 1. The first kappa shape index (κ1) is 18.8. The van der Waals surface area contributed by atoms with Crippen LogP contribution in [0.1, 0.15) is 21.0 Å². The Morgan fingerprint density at radius 3 is 2.83 bits per heavy atom. The Morgan fingerprint density at radius 2 is 2.07 bits per heavy atom. The molecule has 0 atom stereocenters. The minimum absolute atomic E-state index is 0.243. The van der Waals surface area contributed by atoms with Crippen LogP contribution in [0.4, 0.5) is 9.80 Å². The van der Waals surface area contributed by atoms with Crippen molar-refractivity contribution >= 4 is 49.9 Å². The van der Waals surface area contributed by atoms with E-state index in [2.05, 4.69) is 5.32 Å². The smallest absolute Gasteiger partial charge is 0.409 e. The molecule has 4 heterocycles. The third-order valence-electron chi connectivity index (χ3n) is 4.97. The van der Waals surface area contributed by atoms with Crippen molar-refractivity contribution < 1.29 is 18.7 Å². The second-order valence-electron chi connectivity index (χ2n) is 6.77. The molecule has 0 aliphatic carbocycles. The van der Waals surface area contributed by atoms with Gasteiger partial charge in [-0.05, 0) is 36.2 Å². The van der Waals surface area contributed by atoms with Gasteiger partial charge in [0.1, 0.15) is 10.0 Å². The number of furan rings is 1. The summed E-state index contributed by atoms with van der Waals surface area (Å²) in [6.07, 6.45) is 1.79. The number of amides is 2. The molecular weight excluding hydrogens is 422 g/mol. The number of nitrogens with zero attached hydrogens (tertiary/aromatic N) is 2. The fraction of sp³-hybridized carbons (Fsp3) is 0.190. The van der Waals surface area contributed by atoms with Crippen LogP contribution < -0.4 is 5.32 Å². The number of nitrogens with one attached hydrogen (secondary N) is 1. The molecule has 0 spiro atoms. The van der Waals surface area contributed by atoms with Gasteiger partial charge >= 0.3 is 6.09 Å². The van der Waals surface area contributed by atoms with Gasteiger partial charge in [0.15, 0.2) is 5.76 Å². The molecule has 1 aromatic carbocycles. The lowest BCUT2D eigenvalue weighted by atomic mass is 10.0. The third-order valence-corrected chi connectivity index (χ3v) is 7.16. The van der Waals surface area contributed by atoms with Crippen LogP contribution in [-0.2, 0) is 17.7 Å². The van der Waals surface area contributed by atoms with Gasteiger partial charge in [0.2, 0.25) is 0 Å². The van der Waals surface area contributed by atoms with Gasteiger partial charge < -0.3 is 19.4 Å². The molecule has 2 amide bonds. The molecule has 1 aliphatic rings. The van der Waals surface area contributed by atoms with E-state index in [1.165, 1.54) is 24.7 Å². The fourth-order valence-electron chi connectivity index (χ4n) is 3.55. The molecule has 3 aromatic heterocycles. The van der Waals surface area contributed by atoms with E-state index >= 15 is 0 Å². The molecule has 30 heavy (non-hydrogen) atoms. The summed E-state index contributed by atoms with van der Waals surface area (Å²) in [5.41, 5.74) is 2.97. The number of fused-ring (bicyclic) bond motifs is 2. The lowest BCUT2D eigenvalue weighted by Gasteiger charge is -2.25. The van der Waals surface area contributed by atoms with Crippen LogP contribution in [-0.4, -0.2) is 35.5 Å². The van der Waals surface area contributed by atoms with E-state index < -0.39 is 0 Å². The van der Waals surface area contributed by atoms with E-state index in [-0.39, 0.29) is 17.8 Å². The Morgan fingerprint density at radius 1 is 1.20 bits per heavy atom. The SMILES string of the molecule is COC(=O)N1CCc2c(sc(NC(=O)c3ccco3)c2-c2nc3ccccc3s2)C1. The Labute approximate surface area is 179 Å². The molecule has 0 bridgehead atoms. The van der Waals surface area contributed by atoms with Crippen LogP contribution in [0.25, 0.3) is 20.8 Å². The summed E-state index contributed by atoms with van der Waals surface area (Å²) in [5.74, 6) is -0.0707. The van der Waals surface area contributed by atoms with Crippen LogP contribution >= 0.6 is 22.7 Å². The van der Waals surface area contributed by atoms with E-state index in [0.29, 0.717) is 24.5 Å². The number of anilines is 1. The fourth-order valence-corrected chi connectivity index (χ4v) is 5.92. The molecule has 0 unspecified atom stereocenters. The van der Waals surface area contributed by atoms with Crippen molar-refractivity contribution in [2.45, 2.75) is 13.0 Å². The average molecular weight is 440 g/mol. The van der Waals surface area contributed by atoms with Gasteiger partial charge in [-0.2, -0.15) is 0 Å². The number of ether oxygens (including phenoxy) is 1. The molecule has 5 rings (SSSR count). The number of carbonyl (C=O) groups is 2. The number of thiazole rings is 1. The maximum Gasteiger partial charge on any atom is 0.409 e. The zero-order chi connectivity index (χ0) is 20.7. The van der Waals surface area contributed by atoms with Crippen molar-refractivity contribution in [3.8, 4) is 10.6 Å². The molecule has 9 heteroatoms. The minimum atomic E-state index is -0.350. The number of thiophene rings is 1. The van der Waals surface area contributed by atoms with Crippen LogP contribution in [0.3, 0.4) is 0 Å². The number of hydrogen-bond acceptors (Lipinski definition) is 7. The summed E-state index contributed by atoms with van der Waals surface area (Å²) in [6, 6.07) is 11.3. The predicted octanol–water partition coefficient (Wildman–Crippen LogP) is 4.99. The number of aromatic nitrogens is 1. The summed E-state index contributed by atoms with van der Waals surface area (Å²) in [4.78, 5) is 32.2. The number of para-hydroxylation sites is 1. The van der Waals surface area contributed by atoms with Gasteiger partial charge in [0.25, 0.3) is 5.91 Å². The highest BCUT2D eigenvalue weighted by Gasteiger charge is 2.30. The molecule has 0 saturated heterocycles. The number of rotatable bonds is 3. The highest BCUT2D eigenvalue weighted by atomic mass is 32.1. The molecule has 0 saturated carbocycles. The van der Waals surface area contributed by atoms with Crippen molar-refractivity contribution in [1.82, 2.24) is 9.88 Å². The molecule has 4 aromatic rings. The van der Waals surface area contributed by atoms with E-state index in [1.54, 1.807) is 28.4 Å². The van der Waals surface area contributed by atoms with Crippen LogP contribution in [0.5, 0.6) is 0 Å². The zero-order valence-electron chi connectivity index (χ0n) is 16.0. The lowest BCUT2D eigenvalue weighted by Crippen LogP contribution is -2.35. The first-order valence-corrected chi connectivity index (χ1v) is 11.0. The highest BCUT2D eigenvalue weighted by molar-refractivity contribution is 7.23. The Bertz CT molecular complexity index is 1210. The van der Waals surface area contributed by atoms with E-state index in [0.717, 1.165) is 31.2 Å². The quantitative estimate of drug-likeness (QED) is 0.486. The molecule has 152 valence electrons. The zero-order valence-corrected chi connectivity index (χ0v) is 17.6. The second kappa shape index (κ2) is 7.58. The maximum absolute atomic E-state index is 12.7. The van der Waals surface area contributed by atoms with Crippen molar-refractivity contribution in [2.24, 2.45) is 0 Å². The summed E-state index contributed by atoms with van der Waals surface area (Å²) >= 11 is 3.06. The Balaban J connectivity index is 1.59. The van der Waals surface area contributed by atoms with Gasteiger partial charge in [0, 0.05) is 17.0 Å². The maximum atomic E-state index is 12.7. The number of benzene rings is 1. The normalized spacial score (nSPS) is 13.3. The van der Waals surface area contributed by atoms with Crippen molar-refractivity contribution in [3.05, 3.63) is 58.9 Å². The standard InChI is InChI=1S/C21H17N3O4S2/c1-27-21(26)24-9-8-12-16(11-24)30-20(23-18(25)14-6-4-10-28-14)17(12)19-22-13-5-2-3-7-15(13)29-19/h2-7,10H,8-9,11H2,1H3,(H,23,25). The molecular formula is C21H17N3O4S2. The molecule has 7 nitrogen and oxygen atoms in total. The molecule has 0 fully saturated rings. The van der Waals surface area contributed by atoms with Gasteiger partial charge in [-0.3, -0.25) is 4.79 Å². The lowest BCUT2D eigenvalue weighted by molar-refractivity contribution is 0.0997. The van der Waals surface area contributed by atoms with E-state index in [4.69, 9.17) is 14.1 Å². The van der Waals surface area contributed by atoms with Crippen LogP contribution in [0, 0.1) is 0 Å². The minimum Gasteiger partial charge on any atom is -0.459 e. The van der Waals surface area contributed by atoms with Crippen molar-refractivity contribution in [3.63, 3.8) is 0 Å². The predicted molar refractivity (Wildman–Crippen MR) is 116 cm³/mol. The average Bonchev–Trinajstić information content (AvgIpc) is 3.49. The second-order valence-corrected chi connectivity index (χ2v) is 8.90. The number of carbonyl (C=O) groups excluding carboxylic acids is 2. The van der Waals surface area contributed by atoms with E-state index in [9.17, 15) is 9.59 Å². The first-order valence-electron chi connectivity index (χ1n) is 9.32. The summed E-state index contributed by atoms with van der Waals surface area (Å²) in [5, 5.41) is 4.56. The topological polar surface area (TPSA) is 84.7 Å². The molecule has 1 N–H and O–H groups in total. The Hall–Kier alpha value is -3.17. The Kier molecular flexibility index (Phi) is 4.76. The van der Waals surface area contributed by atoms with Crippen molar-refractivity contribution in [1.29, 1.82) is 0 Å². The summed E-state index contributed by atoms with van der Waals surface area (Å²) in [6.45, 7) is 1.00. The van der Waals surface area contributed by atoms with E-state index in [1.807, 2.05) is 24.3 Å². The first-order chi connectivity index (χ1) is 14.6. The third kappa shape index (κ3) is 3.25. The number of hydrogen-bond donors (Lipinski definition) is 1. The van der Waals surface area contributed by atoms with Gasteiger partial charge in [0.05, 0.1) is 30.1 Å². The van der Waals surface area contributed by atoms with Gasteiger partial charge in [-0.25, -0.2) is 9.78 Å². The van der Waals surface area contributed by atoms with Crippen molar-refractivity contribution in [2.75, 3.05) is 19.0 Å². The molecule has 0 radical (unpaired) electrons. The van der Waals surface area contributed by atoms with Gasteiger partial charge in [-0.1, -0.05) is 12.1 Å². The van der Waals surface area contributed by atoms with Crippen LogP contribution in [0.15, 0.2) is 47.1 Å².